The van der Waals surface area contributed by atoms with Crippen LogP contribution >= 0.6 is 0 Å². The summed E-state index contributed by atoms with van der Waals surface area (Å²) in [5.41, 5.74) is 19.1. The number of aromatic hydroxyl groups is 1. The van der Waals surface area contributed by atoms with E-state index in [1.807, 2.05) is 12.3 Å². The summed E-state index contributed by atoms with van der Waals surface area (Å²) in [6.45, 7) is 20.5. The zero-order valence-corrected chi connectivity index (χ0v) is 45.1. The first-order chi connectivity index (χ1) is 34.0. The monoisotopic (exact) mass is 1120 g/mol. The van der Waals surface area contributed by atoms with Crippen molar-refractivity contribution in [2.24, 2.45) is 0 Å². The molecule has 0 bridgehead atoms. The van der Waals surface area contributed by atoms with Crippen molar-refractivity contribution < 1.29 is 26.2 Å². The molecule has 0 fully saturated rings. The number of phenols is 1. The smallest absolute Gasteiger partial charge is 0.144 e. The van der Waals surface area contributed by atoms with Crippen molar-refractivity contribution in [2.75, 3.05) is 0 Å². The summed E-state index contributed by atoms with van der Waals surface area (Å²) >= 11 is 0. The van der Waals surface area contributed by atoms with Gasteiger partial charge in [-0.15, -0.1) is 23.8 Å². The van der Waals surface area contributed by atoms with E-state index in [1.54, 1.807) is 0 Å². The standard InChI is InChI=1S/C67H62N3O.Pt/c1-65(2,3)54-33-32-50(57(40-54)48-24-17-12-18-25-48)43-70-61-27-19-26-56(62(61)69-64(70)58-41-55(66(4,5)6)42-59(63(58)71)67(7,8)9)52-36-51(45-22-15-11-16-23-45)37-53(38-52)60-39-49(34-35-68-60)47-30-28-46(29-31-47)44-20-13-10-14-21-44;/h10-37,39-42,71H,43H2,1-9H3;/q-1;. The molecule has 0 aliphatic rings. The average Bonchev–Trinajstić information content (AvgIpc) is 3.74. The Morgan fingerprint density at radius 3 is 1.62 bits per heavy atom. The Morgan fingerprint density at radius 2 is 1.01 bits per heavy atom. The first kappa shape index (κ1) is 49.8. The Hall–Kier alpha value is -7.13. The van der Waals surface area contributed by atoms with E-state index in [2.05, 4.69) is 255 Å². The van der Waals surface area contributed by atoms with Gasteiger partial charge in [-0.25, -0.2) is 4.98 Å². The summed E-state index contributed by atoms with van der Waals surface area (Å²) in [4.78, 5) is 10.7. The summed E-state index contributed by atoms with van der Waals surface area (Å²) in [7, 11) is 0. The van der Waals surface area contributed by atoms with Gasteiger partial charge in [0.15, 0.2) is 0 Å². The van der Waals surface area contributed by atoms with Gasteiger partial charge in [-0.05, 0) is 90.1 Å². The molecule has 0 radical (unpaired) electrons. The van der Waals surface area contributed by atoms with Gasteiger partial charge in [0, 0.05) is 38.5 Å². The van der Waals surface area contributed by atoms with Crippen molar-refractivity contribution in [1.82, 2.24) is 14.5 Å². The maximum atomic E-state index is 12.6. The van der Waals surface area contributed by atoms with Crippen molar-refractivity contribution >= 4 is 11.0 Å². The number of rotatable bonds is 9. The molecule has 2 aromatic heterocycles. The summed E-state index contributed by atoms with van der Waals surface area (Å²) in [6, 6.07) is 70.7. The zero-order valence-electron chi connectivity index (χ0n) is 42.8. The van der Waals surface area contributed by atoms with Gasteiger partial charge in [0.2, 0.25) is 0 Å². The van der Waals surface area contributed by atoms with Crippen LogP contribution in [0.3, 0.4) is 0 Å². The van der Waals surface area contributed by atoms with Crippen LogP contribution in [0.25, 0.3) is 89.3 Å². The van der Waals surface area contributed by atoms with Crippen molar-refractivity contribution in [3.8, 4) is 84.0 Å². The molecule has 0 atom stereocenters. The fourth-order valence-electron chi connectivity index (χ4n) is 9.67. The van der Waals surface area contributed by atoms with Gasteiger partial charge in [-0.2, -0.15) is 0 Å². The normalized spacial score (nSPS) is 12.0. The fourth-order valence-corrected chi connectivity index (χ4v) is 9.67. The molecule has 0 unspecified atom stereocenters. The number of nitrogens with zero attached hydrogens (tertiary/aromatic N) is 3. The van der Waals surface area contributed by atoms with Gasteiger partial charge < -0.3 is 9.67 Å². The predicted octanol–water partition coefficient (Wildman–Crippen LogP) is 17.5. The van der Waals surface area contributed by atoms with Gasteiger partial charge in [-0.3, -0.25) is 4.98 Å². The molecule has 0 aliphatic carbocycles. The van der Waals surface area contributed by atoms with Crippen LogP contribution in [0.15, 0.2) is 194 Å². The molecule has 362 valence electrons. The van der Waals surface area contributed by atoms with Crippen molar-refractivity contribution in [1.29, 1.82) is 0 Å². The third-order valence-corrected chi connectivity index (χ3v) is 13.8. The molecule has 8 aromatic carbocycles. The summed E-state index contributed by atoms with van der Waals surface area (Å²) in [5.74, 6) is 0.975. The van der Waals surface area contributed by atoms with E-state index in [0.717, 1.165) is 77.9 Å². The number of fused-ring (bicyclic) bond motifs is 1. The number of hydrogen-bond donors (Lipinski definition) is 1. The molecule has 2 heterocycles. The molecule has 10 aromatic rings. The molecule has 0 spiro atoms. The second-order valence-corrected chi connectivity index (χ2v) is 22.0. The molecule has 0 saturated heterocycles. The molecule has 10 rings (SSSR count). The zero-order chi connectivity index (χ0) is 49.7. The second-order valence-electron chi connectivity index (χ2n) is 22.0. The first-order valence-electron chi connectivity index (χ1n) is 24.8. The molecule has 1 N–H and O–H groups in total. The van der Waals surface area contributed by atoms with Gasteiger partial charge in [-0.1, -0.05) is 237 Å². The van der Waals surface area contributed by atoms with E-state index in [1.165, 1.54) is 27.8 Å². The van der Waals surface area contributed by atoms with Gasteiger partial charge >= 0.3 is 0 Å². The summed E-state index contributed by atoms with van der Waals surface area (Å²) in [5, 5.41) is 12.6. The maximum Gasteiger partial charge on any atom is 0.144 e. The molecular weight excluding hydrogens is 1060 g/mol. The SMILES string of the molecule is CC(C)(C)c1ccc(Cn2c(-c3cc(C(C)(C)C)cc(C(C)(C)C)c3O)nc3c(-c4[c-]c(-c5cc(-c6ccc(-c7ccccc7)cc6)ccn5)cc(-c5ccccc5)c4)cccc32)c(-c2ccccc2)c1.[Pt]. The molecule has 72 heavy (non-hydrogen) atoms. The van der Waals surface area contributed by atoms with Crippen LogP contribution in [0.2, 0.25) is 0 Å². The number of imidazole rings is 1. The minimum atomic E-state index is -0.328. The van der Waals surface area contributed by atoms with Gasteiger partial charge in [0.1, 0.15) is 11.6 Å². The van der Waals surface area contributed by atoms with E-state index in [4.69, 9.17) is 9.97 Å². The Bertz CT molecular complexity index is 3540. The number of hydrogen-bond acceptors (Lipinski definition) is 3. The second kappa shape index (κ2) is 19.8. The van der Waals surface area contributed by atoms with Crippen molar-refractivity contribution in [2.45, 2.75) is 85.1 Å². The number of phenolic OH excluding ortho intramolecular Hbond substituents is 1. The van der Waals surface area contributed by atoms with E-state index >= 15 is 0 Å². The van der Waals surface area contributed by atoms with Crippen LogP contribution in [-0.2, 0) is 43.9 Å². The average molecular weight is 1120 g/mol. The van der Waals surface area contributed by atoms with E-state index in [0.29, 0.717) is 12.4 Å². The predicted molar refractivity (Wildman–Crippen MR) is 298 cm³/mol. The number of aromatic nitrogens is 3. The third kappa shape index (κ3) is 10.2. The third-order valence-electron chi connectivity index (χ3n) is 13.8. The minimum Gasteiger partial charge on any atom is -0.507 e. The van der Waals surface area contributed by atoms with Gasteiger partial charge in [0.25, 0.3) is 0 Å². The Labute approximate surface area is 440 Å². The fraction of sp³-hybridized carbons (Fsp3) is 0.194. The molecule has 0 aliphatic heterocycles. The van der Waals surface area contributed by atoms with E-state index in [9.17, 15) is 5.11 Å². The Kier molecular flexibility index (Phi) is 13.7. The number of pyridine rings is 1. The van der Waals surface area contributed by atoms with Crippen LogP contribution in [0.1, 0.15) is 84.6 Å². The Balaban J connectivity index is 0.00000640. The largest absolute Gasteiger partial charge is 0.507 e. The van der Waals surface area contributed by atoms with Gasteiger partial charge in [0.05, 0.1) is 23.1 Å². The topological polar surface area (TPSA) is 50.9 Å². The van der Waals surface area contributed by atoms with E-state index < -0.39 is 0 Å². The van der Waals surface area contributed by atoms with Crippen LogP contribution in [0, 0.1) is 6.07 Å². The maximum absolute atomic E-state index is 12.6. The summed E-state index contributed by atoms with van der Waals surface area (Å²) in [6.07, 6.45) is 1.90. The van der Waals surface area contributed by atoms with Crippen LogP contribution in [0.5, 0.6) is 5.75 Å². The molecular formula is C67H62N3OPt-. The number of para-hydroxylation sites is 1. The quantitative estimate of drug-likeness (QED) is 0.147. The minimum absolute atomic E-state index is 0. The molecule has 0 amide bonds. The summed E-state index contributed by atoms with van der Waals surface area (Å²) < 4.78 is 2.32. The molecule has 5 heteroatoms. The van der Waals surface area contributed by atoms with E-state index in [-0.39, 0.29) is 43.1 Å². The van der Waals surface area contributed by atoms with Crippen LogP contribution < -0.4 is 0 Å². The number of benzene rings is 8. The van der Waals surface area contributed by atoms with Crippen LogP contribution in [-0.4, -0.2) is 19.6 Å². The van der Waals surface area contributed by atoms with Crippen molar-refractivity contribution in [3.63, 3.8) is 0 Å². The molecule has 4 nitrogen and oxygen atoms in total. The Morgan fingerprint density at radius 1 is 0.458 bits per heavy atom. The van der Waals surface area contributed by atoms with Crippen LogP contribution in [0.4, 0.5) is 0 Å². The first-order valence-corrected chi connectivity index (χ1v) is 24.8. The van der Waals surface area contributed by atoms with Crippen molar-refractivity contribution in [3.05, 3.63) is 223 Å². The molecule has 0 saturated carbocycles.